The molecule has 3 atom stereocenters. The minimum absolute atomic E-state index is 0.0404. The zero-order chi connectivity index (χ0) is 16.3. The van der Waals surface area contributed by atoms with E-state index in [1.165, 1.54) is 0 Å². The molecule has 3 unspecified atom stereocenters. The normalized spacial score (nSPS) is 23.0. The second-order valence-corrected chi connectivity index (χ2v) is 6.07. The van der Waals surface area contributed by atoms with Crippen LogP contribution in [0.1, 0.15) is 25.8 Å². The summed E-state index contributed by atoms with van der Waals surface area (Å²) in [6.07, 6.45) is -0.0743. The van der Waals surface area contributed by atoms with Gasteiger partial charge in [0.25, 0.3) is 5.91 Å². The highest BCUT2D eigenvalue weighted by molar-refractivity contribution is 5.81. The number of carbonyl (C=O) groups excluding carboxylic acids is 1. The van der Waals surface area contributed by atoms with Crippen LogP contribution < -0.4 is 4.74 Å². The minimum atomic E-state index is -0.774. The zero-order valence-electron chi connectivity index (χ0n) is 13.3. The van der Waals surface area contributed by atoms with Crippen LogP contribution in [-0.4, -0.2) is 41.1 Å². The first-order valence-corrected chi connectivity index (χ1v) is 7.63. The van der Waals surface area contributed by atoms with Crippen LogP contribution in [0.2, 0.25) is 0 Å². The lowest BCUT2D eigenvalue weighted by Gasteiger charge is -2.36. The fourth-order valence-corrected chi connectivity index (χ4v) is 2.91. The summed E-state index contributed by atoms with van der Waals surface area (Å²) in [5.41, 5.74) is 1.08. The molecule has 0 spiro atoms. The van der Waals surface area contributed by atoms with Gasteiger partial charge in [0.1, 0.15) is 5.75 Å². The number of amides is 1. The summed E-state index contributed by atoms with van der Waals surface area (Å²) in [6, 6.07) is 7.58. The molecule has 0 aromatic heterocycles. The van der Waals surface area contributed by atoms with E-state index in [4.69, 9.17) is 9.84 Å². The number of hydrogen-bond acceptors (Lipinski definition) is 3. The first-order valence-electron chi connectivity index (χ1n) is 7.63. The molecule has 1 aliphatic rings. The third kappa shape index (κ3) is 3.78. The molecule has 5 heteroatoms. The lowest BCUT2D eigenvalue weighted by Crippen LogP contribution is -2.49. The van der Waals surface area contributed by atoms with Crippen molar-refractivity contribution in [1.29, 1.82) is 0 Å². The van der Waals surface area contributed by atoms with Gasteiger partial charge in [0, 0.05) is 13.1 Å². The van der Waals surface area contributed by atoms with Gasteiger partial charge in [-0.1, -0.05) is 19.1 Å². The predicted octanol–water partition coefficient (Wildman–Crippen LogP) is 2.33. The summed E-state index contributed by atoms with van der Waals surface area (Å²) in [5.74, 6) is -0.589. The lowest BCUT2D eigenvalue weighted by molar-refractivity contribution is -0.150. The number of aryl methyl sites for hydroxylation is 1. The van der Waals surface area contributed by atoms with Gasteiger partial charge in [0.15, 0.2) is 6.10 Å². The van der Waals surface area contributed by atoms with Crippen molar-refractivity contribution in [3.05, 3.63) is 29.8 Å². The maximum atomic E-state index is 12.5. The van der Waals surface area contributed by atoms with E-state index in [0.717, 1.165) is 5.56 Å². The van der Waals surface area contributed by atoms with Crippen molar-refractivity contribution in [1.82, 2.24) is 4.90 Å². The van der Waals surface area contributed by atoms with Gasteiger partial charge in [-0.2, -0.15) is 0 Å². The number of carbonyl (C=O) groups is 2. The Morgan fingerprint density at radius 3 is 2.73 bits per heavy atom. The van der Waals surface area contributed by atoms with Gasteiger partial charge in [0.05, 0.1) is 5.92 Å². The van der Waals surface area contributed by atoms with Crippen molar-refractivity contribution >= 4 is 11.9 Å². The van der Waals surface area contributed by atoms with Gasteiger partial charge in [-0.25, -0.2) is 0 Å². The van der Waals surface area contributed by atoms with Crippen molar-refractivity contribution < 1.29 is 19.4 Å². The molecule has 0 radical (unpaired) electrons. The Balaban J connectivity index is 1.95. The Labute approximate surface area is 130 Å². The van der Waals surface area contributed by atoms with Gasteiger partial charge in [-0.15, -0.1) is 0 Å². The average molecular weight is 305 g/mol. The number of piperidine rings is 1. The maximum Gasteiger partial charge on any atom is 0.306 e. The molecule has 2 rings (SSSR count). The van der Waals surface area contributed by atoms with Gasteiger partial charge >= 0.3 is 5.97 Å². The van der Waals surface area contributed by atoms with Crippen LogP contribution in [0.5, 0.6) is 5.75 Å². The van der Waals surface area contributed by atoms with E-state index in [9.17, 15) is 9.59 Å². The van der Waals surface area contributed by atoms with Crippen LogP contribution in [0.25, 0.3) is 0 Å². The monoisotopic (exact) mass is 305 g/mol. The van der Waals surface area contributed by atoms with E-state index in [0.29, 0.717) is 25.3 Å². The molecule has 0 saturated carbocycles. The molecule has 1 amide bonds. The van der Waals surface area contributed by atoms with E-state index in [-0.39, 0.29) is 17.7 Å². The molecule has 5 nitrogen and oxygen atoms in total. The molecule has 1 fully saturated rings. The van der Waals surface area contributed by atoms with E-state index in [1.54, 1.807) is 11.8 Å². The third-order valence-electron chi connectivity index (χ3n) is 4.18. The first-order chi connectivity index (χ1) is 10.4. The van der Waals surface area contributed by atoms with E-state index in [2.05, 4.69) is 0 Å². The molecule has 0 aliphatic carbocycles. The molecular formula is C17H23NO4. The Bertz CT molecular complexity index is 557. The van der Waals surface area contributed by atoms with Gasteiger partial charge in [0.2, 0.25) is 0 Å². The third-order valence-corrected chi connectivity index (χ3v) is 4.18. The number of rotatable bonds is 4. The number of aliphatic carboxylic acids is 1. The fourth-order valence-electron chi connectivity index (χ4n) is 2.91. The largest absolute Gasteiger partial charge is 0.481 e. The standard InChI is InChI=1S/C17H23NO4/c1-11-5-4-6-14(9-11)22-13(3)16(19)18-8-7-15(17(20)21)12(2)10-18/h4-6,9,12-13,15H,7-8,10H2,1-3H3,(H,20,21). The maximum absolute atomic E-state index is 12.5. The second kappa shape index (κ2) is 6.81. The molecule has 0 bridgehead atoms. The molecule has 120 valence electrons. The summed E-state index contributed by atoms with van der Waals surface area (Å²) >= 11 is 0. The first kappa shape index (κ1) is 16.3. The summed E-state index contributed by atoms with van der Waals surface area (Å²) in [4.78, 5) is 25.3. The summed E-state index contributed by atoms with van der Waals surface area (Å²) < 4.78 is 5.71. The predicted molar refractivity (Wildman–Crippen MR) is 82.8 cm³/mol. The van der Waals surface area contributed by atoms with E-state index < -0.39 is 12.1 Å². The summed E-state index contributed by atoms with van der Waals surface area (Å²) in [5, 5.41) is 9.14. The van der Waals surface area contributed by atoms with Crippen molar-refractivity contribution in [3.8, 4) is 5.75 Å². The molecule has 1 heterocycles. The SMILES string of the molecule is Cc1cccc(OC(C)C(=O)N2CCC(C(=O)O)C(C)C2)c1. The fraction of sp³-hybridized carbons (Fsp3) is 0.529. The van der Waals surface area contributed by atoms with Crippen molar-refractivity contribution in [2.24, 2.45) is 11.8 Å². The molecule has 22 heavy (non-hydrogen) atoms. The van der Waals surface area contributed by atoms with Crippen LogP contribution in [0.4, 0.5) is 0 Å². The summed E-state index contributed by atoms with van der Waals surface area (Å²) in [6.45, 7) is 6.53. The van der Waals surface area contributed by atoms with Crippen LogP contribution >= 0.6 is 0 Å². The molecule has 1 aliphatic heterocycles. The van der Waals surface area contributed by atoms with E-state index in [1.807, 2.05) is 38.1 Å². The minimum Gasteiger partial charge on any atom is -0.481 e. The quantitative estimate of drug-likeness (QED) is 0.927. The smallest absolute Gasteiger partial charge is 0.306 e. The van der Waals surface area contributed by atoms with Gasteiger partial charge in [-0.05, 0) is 43.9 Å². The van der Waals surface area contributed by atoms with Crippen LogP contribution in [-0.2, 0) is 9.59 Å². The number of benzene rings is 1. The molecule has 1 aromatic carbocycles. The lowest BCUT2D eigenvalue weighted by atomic mass is 9.87. The molecule has 1 saturated heterocycles. The molecular weight excluding hydrogens is 282 g/mol. The Morgan fingerprint density at radius 1 is 1.41 bits per heavy atom. The van der Waals surface area contributed by atoms with Crippen molar-refractivity contribution in [3.63, 3.8) is 0 Å². The number of hydrogen-bond donors (Lipinski definition) is 1. The Hall–Kier alpha value is -2.04. The summed E-state index contributed by atoms with van der Waals surface area (Å²) in [7, 11) is 0. The Kier molecular flexibility index (Phi) is 5.06. The number of likely N-dealkylation sites (tertiary alicyclic amines) is 1. The van der Waals surface area contributed by atoms with Crippen molar-refractivity contribution in [2.75, 3.05) is 13.1 Å². The van der Waals surface area contributed by atoms with Crippen LogP contribution in [0.3, 0.4) is 0 Å². The van der Waals surface area contributed by atoms with Gasteiger partial charge < -0.3 is 14.7 Å². The highest BCUT2D eigenvalue weighted by Crippen LogP contribution is 2.24. The number of ether oxygens (including phenoxy) is 1. The second-order valence-electron chi connectivity index (χ2n) is 6.07. The molecule has 1 N–H and O–H groups in total. The zero-order valence-corrected chi connectivity index (χ0v) is 13.3. The van der Waals surface area contributed by atoms with Gasteiger partial charge in [-0.3, -0.25) is 9.59 Å². The Morgan fingerprint density at radius 2 is 2.14 bits per heavy atom. The number of carboxylic acids is 1. The van der Waals surface area contributed by atoms with Crippen LogP contribution in [0.15, 0.2) is 24.3 Å². The topological polar surface area (TPSA) is 66.8 Å². The highest BCUT2D eigenvalue weighted by atomic mass is 16.5. The van der Waals surface area contributed by atoms with Crippen molar-refractivity contribution in [2.45, 2.75) is 33.3 Å². The number of nitrogens with zero attached hydrogens (tertiary/aromatic N) is 1. The highest BCUT2D eigenvalue weighted by Gasteiger charge is 2.34. The van der Waals surface area contributed by atoms with Crippen LogP contribution in [0, 0.1) is 18.8 Å². The number of carboxylic acid groups (broad SMARTS) is 1. The van der Waals surface area contributed by atoms with E-state index >= 15 is 0 Å². The molecule has 1 aromatic rings. The average Bonchev–Trinajstić information content (AvgIpc) is 2.45.